The van der Waals surface area contributed by atoms with Crippen molar-refractivity contribution in [2.75, 3.05) is 19.8 Å². The largest absolute Gasteiger partial charge is 0.493 e. The number of rotatable bonds is 4. The zero-order valence-corrected chi connectivity index (χ0v) is 14.6. The number of pyridine rings is 1. The Morgan fingerprint density at radius 1 is 1.08 bits per heavy atom. The second-order valence-corrected chi connectivity index (χ2v) is 7.22. The number of hydrogen-bond donors (Lipinski definition) is 0. The summed E-state index contributed by atoms with van der Waals surface area (Å²) in [6.07, 6.45) is 1.81. The Kier molecular flexibility index (Phi) is 3.43. The van der Waals surface area contributed by atoms with Crippen molar-refractivity contribution in [3.63, 3.8) is 0 Å². The lowest BCUT2D eigenvalue weighted by atomic mass is 9.90. The van der Waals surface area contributed by atoms with Crippen LogP contribution in [-0.4, -0.2) is 34.4 Å². The van der Waals surface area contributed by atoms with Gasteiger partial charge in [0.05, 0.1) is 36.4 Å². The van der Waals surface area contributed by atoms with Crippen LogP contribution in [0.5, 0.6) is 5.75 Å². The molecule has 4 aromatic rings. The van der Waals surface area contributed by atoms with Gasteiger partial charge in [0.2, 0.25) is 0 Å². The summed E-state index contributed by atoms with van der Waals surface area (Å²) in [6, 6.07) is 18.2. The number of hydrogen-bond acceptors (Lipinski definition) is 4. The van der Waals surface area contributed by atoms with Crippen molar-refractivity contribution in [2.45, 2.75) is 6.92 Å². The first-order chi connectivity index (χ1) is 12.7. The van der Waals surface area contributed by atoms with Crippen LogP contribution in [-0.2, 0) is 4.74 Å². The van der Waals surface area contributed by atoms with E-state index in [4.69, 9.17) is 14.5 Å². The van der Waals surface area contributed by atoms with Crippen molar-refractivity contribution in [1.29, 1.82) is 0 Å². The van der Waals surface area contributed by atoms with Gasteiger partial charge in [-0.2, -0.15) is 0 Å². The molecule has 5 rings (SSSR count). The quantitative estimate of drug-likeness (QED) is 0.561. The average molecular weight is 345 g/mol. The van der Waals surface area contributed by atoms with E-state index < -0.39 is 0 Å². The Bertz CT molecular complexity index is 1100. The molecule has 1 aliphatic heterocycles. The molecule has 0 atom stereocenters. The van der Waals surface area contributed by atoms with Crippen molar-refractivity contribution in [3.05, 3.63) is 60.9 Å². The number of imidazole rings is 1. The predicted octanol–water partition coefficient (Wildman–Crippen LogP) is 3.99. The number of fused-ring (bicyclic) bond motifs is 2. The molecule has 0 aliphatic carbocycles. The molecule has 3 heterocycles. The van der Waals surface area contributed by atoms with E-state index in [9.17, 15) is 0 Å². The molecule has 0 unspecified atom stereocenters. The second kappa shape index (κ2) is 5.81. The molecule has 1 aliphatic rings. The first-order valence-electron chi connectivity index (χ1n) is 8.74. The highest BCUT2D eigenvalue weighted by molar-refractivity contribution is 5.81. The van der Waals surface area contributed by atoms with E-state index in [1.54, 1.807) is 0 Å². The average Bonchev–Trinajstić information content (AvgIpc) is 3.07. The zero-order chi connectivity index (χ0) is 17.6. The summed E-state index contributed by atoms with van der Waals surface area (Å²) in [6.45, 7) is 4.36. The lowest BCUT2D eigenvalue weighted by Gasteiger charge is -2.37. The number of para-hydroxylation sites is 1. The molecule has 26 heavy (non-hydrogen) atoms. The Labute approximate surface area is 151 Å². The molecule has 2 aromatic heterocycles. The summed E-state index contributed by atoms with van der Waals surface area (Å²) in [5.41, 5.74) is 3.01. The summed E-state index contributed by atoms with van der Waals surface area (Å²) in [5.74, 6) is 1.70. The third kappa shape index (κ3) is 2.61. The molecule has 0 bridgehead atoms. The molecular formula is C21H19N3O2. The number of benzene rings is 2. The van der Waals surface area contributed by atoms with Gasteiger partial charge >= 0.3 is 0 Å². The van der Waals surface area contributed by atoms with Crippen LogP contribution in [0.1, 0.15) is 6.92 Å². The van der Waals surface area contributed by atoms with E-state index in [1.807, 2.05) is 53.4 Å². The van der Waals surface area contributed by atoms with E-state index in [1.165, 1.54) is 0 Å². The van der Waals surface area contributed by atoms with Crippen molar-refractivity contribution < 1.29 is 9.47 Å². The maximum atomic E-state index is 5.95. The van der Waals surface area contributed by atoms with Crippen LogP contribution in [0.2, 0.25) is 0 Å². The van der Waals surface area contributed by atoms with Crippen molar-refractivity contribution in [2.24, 2.45) is 5.41 Å². The van der Waals surface area contributed by atoms with Gasteiger partial charge in [-0.25, -0.2) is 9.97 Å². The molecule has 5 heteroatoms. The van der Waals surface area contributed by atoms with Crippen molar-refractivity contribution in [1.82, 2.24) is 14.5 Å². The van der Waals surface area contributed by atoms with Gasteiger partial charge in [-0.05, 0) is 30.3 Å². The van der Waals surface area contributed by atoms with Crippen molar-refractivity contribution >= 4 is 21.9 Å². The minimum absolute atomic E-state index is 0.128. The minimum Gasteiger partial charge on any atom is -0.493 e. The van der Waals surface area contributed by atoms with Gasteiger partial charge in [-0.15, -0.1) is 0 Å². The molecular weight excluding hydrogens is 326 g/mol. The normalized spacial score (nSPS) is 15.9. The highest BCUT2D eigenvalue weighted by Gasteiger charge is 2.34. The molecule has 2 aromatic carbocycles. The zero-order valence-electron chi connectivity index (χ0n) is 14.6. The lowest BCUT2D eigenvalue weighted by Crippen LogP contribution is -2.44. The number of aromatic nitrogens is 3. The summed E-state index contributed by atoms with van der Waals surface area (Å²) in [5, 5.41) is 1.13. The maximum absolute atomic E-state index is 5.95. The fourth-order valence-corrected chi connectivity index (χ4v) is 3.25. The van der Waals surface area contributed by atoms with Crippen LogP contribution in [0.15, 0.2) is 60.9 Å². The number of ether oxygens (including phenoxy) is 2. The second-order valence-electron chi connectivity index (χ2n) is 7.22. The van der Waals surface area contributed by atoms with Crippen LogP contribution in [0.25, 0.3) is 27.8 Å². The summed E-state index contributed by atoms with van der Waals surface area (Å²) in [4.78, 5) is 9.29. The van der Waals surface area contributed by atoms with E-state index in [2.05, 4.69) is 24.0 Å². The van der Waals surface area contributed by atoms with Gasteiger partial charge in [-0.3, -0.25) is 4.57 Å². The SMILES string of the molecule is CC1(COc2ccc3c(c2)ncn3-c2ccc3ccccc3n2)COC1. The molecule has 5 nitrogen and oxygen atoms in total. The van der Waals surface area contributed by atoms with Gasteiger partial charge in [0, 0.05) is 16.9 Å². The summed E-state index contributed by atoms with van der Waals surface area (Å²) >= 11 is 0. The van der Waals surface area contributed by atoms with Gasteiger partial charge in [0.25, 0.3) is 0 Å². The predicted molar refractivity (Wildman–Crippen MR) is 101 cm³/mol. The third-order valence-corrected chi connectivity index (χ3v) is 4.84. The fourth-order valence-electron chi connectivity index (χ4n) is 3.25. The third-order valence-electron chi connectivity index (χ3n) is 4.84. The maximum Gasteiger partial charge on any atom is 0.139 e. The fraction of sp³-hybridized carbons (Fsp3) is 0.238. The van der Waals surface area contributed by atoms with Gasteiger partial charge in [-0.1, -0.05) is 25.1 Å². The molecule has 0 amide bonds. The van der Waals surface area contributed by atoms with Crippen molar-refractivity contribution in [3.8, 4) is 11.6 Å². The van der Waals surface area contributed by atoms with Gasteiger partial charge in [0.15, 0.2) is 0 Å². The molecule has 130 valence electrons. The van der Waals surface area contributed by atoms with Crippen LogP contribution in [0.3, 0.4) is 0 Å². The first kappa shape index (κ1) is 15.3. The Hall–Kier alpha value is -2.92. The standard InChI is InChI=1S/C21H19N3O2/c1-21(11-25-12-21)13-26-16-7-8-19-18(10-16)22-14-24(19)20-9-6-15-4-2-3-5-17(15)23-20/h2-10,14H,11-13H2,1H3. The monoisotopic (exact) mass is 345 g/mol. The van der Waals surface area contributed by atoms with Gasteiger partial charge in [0.1, 0.15) is 17.9 Å². The molecule has 1 saturated heterocycles. The molecule has 1 fully saturated rings. The Morgan fingerprint density at radius 2 is 1.96 bits per heavy atom. The van der Waals surface area contributed by atoms with Crippen LogP contribution in [0, 0.1) is 5.41 Å². The van der Waals surface area contributed by atoms with E-state index in [-0.39, 0.29) is 5.41 Å². The van der Waals surface area contributed by atoms with Crippen LogP contribution >= 0.6 is 0 Å². The van der Waals surface area contributed by atoms with Crippen LogP contribution in [0.4, 0.5) is 0 Å². The van der Waals surface area contributed by atoms with Gasteiger partial charge < -0.3 is 9.47 Å². The van der Waals surface area contributed by atoms with E-state index in [0.717, 1.165) is 46.7 Å². The molecule has 0 radical (unpaired) electrons. The molecule has 0 N–H and O–H groups in total. The highest BCUT2D eigenvalue weighted by atomic mass is 16.5. The minimum atomic E-state index is 0.128. The summed E-state index contributed by atoms with van der Waals surface area (Å²) < 4.78 is 13.2. The Balaban J connectivity index is 1.46. The van der Waals surface area contributed by atoms with Crippen LogP contribution < -0.4 is 4.74 Å². The number of nitrogens with zero attached hydrogens (tertiary/aromatic N) is 3. The Morgan fingerprint density at radius 3 is 2.81 bits per heavy atom. The molecule has 0 saturated carbocycles. The van der Waals surface area contributed by atoms with E-state index >= 15 is 0 Å². The highest BCUT2D eigenvalue weighted by Crippen LogP contribution is 2.29. The first-order valence-corrected chi connectivity index (χ1v) is 8.74. The van der Waals surface area contributed by atoms with E-state index in [0.29, 0.717) is 6.61 Å². The summed E-state index contributed by atoms with van der Waals surface area (Å²) in [7, 11) is 0. The smallest absolute Gasteiger partial charge is 0.139 e. The lowest BCUT2D eigenvalue weighted by molar-refractivity contribution is -0.120. The molecule has 0 spiro atoms. The topological polar surface area (TPSA) is 49.2 Å².